The second-order valence-corrected chi connectivity index (χ2v) is 8.08. The first-order chi connectivity index (χ1) is 10.1. The van der Waals surface area contributed by atoms with Crippen molar-refractivity contribution in [2.75, 3.05) is 6.54 Å². The van der Waals surface area contributed by atoms with E-state index in [2.05, 4.69) is 32.2 Å². The van der Waals surface area contributed by atoms with Crippen molar-refractivity contribution < 1.29 is 4.39 Å². The molecule has 3 heteroatoms. The van der Waals surface area contributed by atoms with E-state index in [0.717, 1.165) is 29.5 Å². The Morgan fingerprint density at radius 3 is 2.86 bits per heavy atom. The van der Waals surface area contributed by atoms with Gasteiger partial charge in [0.05, 0.1) is 0 Å². The van der Waals surface area contributed by atoms with Gasteiger partial charge < -0.3 is 5.32 Å². The monoisotopic (exact) mass is 309 g/mol. The Labute approximate surface area is 133 Å². The molecule has 1 fully saturated rings. The van der Waals surface area contributed by atoms with Gasteiger partial charge in [-0.2, -0.15) is 0 Å². The lowest BCUT2D eigenvalue weighted by Crippen LogP contribution is -2.20. The van der Waals surface area contributed by atoms with Crippen LogP contribution in [0.5, 0.6) is 0 Å². The minimum Gasteiger partial charge on any atom is -0.312 e. The Bertz CT molecular complexity index is 447. The molecule has 1 aromatic rings. The molecule has 1 N–H and O–H groups in total. The summed E-state index contributed by atoms with van der Waals surface area (Å²) >= 11 is 1.77. The molecule has 21 heavy (non-hydrogen) atoms. The molecule has 118 valence electrons. The van der Waals surface area contributed by atoms with Gasteiger partial charge in [-0.15, -0.1) is 11.8 Å². The van der Waals surface area contributed by atoms with Crippen molar-refractivity contribution in [3.8, 4) is 0 Å². The van der Waals surface area contributed by atoms with Gasteiger partial charge in [0.25, 0.3) is 0 Å². The Kier molecular flexibility index (Phi) is 6.56. The number of hydrogen-bond donors (Lipinski definition) is 1. The van der Waals surface area contributed by atoms with Crippen LogP contribution in [0, 0.1) is 17.7 Å². The molecule has 0 heterocycles. The highest BCUT2D eigenvalue weighted by molar-refractivity contribution is 8.00. The third-order valence-corrected chi connectivity index (χ3v) is 5.54. The van der Waals surface area contributed by atoms with Crippen LogP contribution in [-0.4, -0.2) is 11.8 Å². The molecule has 2 atom stereocenters. The summed E-state index contributed by atoms with van der Waals surface area (Å²) < 4.78 is 14.2. The van der Waals surface area contributed by atoms with Gasteiger partial charge in [-0.05, 0) is 42.9 Å². The summed E-state index contributed by atoms with van der Waals surface area (Å²) in [5.41, 5.74) is 1.11. The lowest BCUT2D eigenvalue weighted by atomic mass is 9.91. The number of thioether (sulfide) groups is 1. The van der Waals surface area contributed by atoms with Crippen molar-refractivity contribution in [1.82, 2.24) is 5.32 Å². The molecule has 0 saturated heterocycles. The average molecular weight is 309 g/mol. The second-order valence-electron chi connectivity index (χ2n) is 6.76. The maximum absolute atomic E-state index is 14.2. The predicted octanol–water partition coefficient (Wildman–Crippen LogP) is 5.24. The van der Waals surface area contributed by atoms with Crippen LogP contribution in [0.4, 0.5) is 4.39 Å². The van der Waals surface area contributed by atoms with Gasteiger partial charge in [0.15, 0.2) is 0 Å². The highest BCUT2D eigenvalue weighted by Crippen LogP contribution is 2.38. The summed E-state index contributed by atoms with van der Waals surface area (Å²) in [5.74, 6) is 1.35. The maximum atomic E-state index is 14.2. The topological polar surface area (TPSA) is 12.0 Å². The number of hydrogen-bond acceptors (Lipinski definition) is 2. The van der Waals surface area contributed by atoms with Crippen molar-refractivity contribution in [2.24, 2.45) is 11.8 Å². The van der Waals surface area contributed by atoms with Crippen LogP contribution < -0.4 is 5.32 Å². The summed E-state index contributed by atoms with van der Waals surface area (Å²) in [7, 11) is 0. The molecule has 1 aliphatic carbocycles. The predicted molar refractivity (Wildman–Crippen MR) is 90.2 cm³/mol. The smallest absolute Gasteiger partial charge is 0.137 e. The zero-order chi connectivity index (χ0) is 15.2. The van der Waals surface area contributed by atoms with Crippen molar-refractivity contribution in [3.63, 3.8) is 0 Å². The Balaban J connectivity index is 2.02. The van der Waals surface area contributed by atoms with Crippen molar-refractivity contribution in [2.45, 2.75) is 63.1 Å². The van der Waals surface area contributed by atoms with Gasteiger partial charge in [0.1, 0.15) is 5.82 Å². The fourth-order valence-corrected chi connectivity index (χ4v) is 4.49. The molecular weight excluding hydrogens is 281 g/mol. The maximum Gasteiger partial charge on any atom is 0.137 e. The van der Waals surface area contributed by atoms with Crippen molar-refractivity contribution in [1.29, 1.82) is 0 Å². The Morgan fingerprint density at radius 2 is 2.14 bits per heavy atom. The second kappa shape index (κ2) is 8.19. The summed E-state index contributed by atoms with van der Waals surface area (Å²) in [4.78, 5) is 0.868. The molecule has 0 aromatic heterocycles. The SMILES string of the molecule is CC(C)CNCc1cccc(F)c1SC1CCCC(C)C1. The van der Waals surface area contributed by atoms with Crippen LogP contribution in [0.2, 0.25) is 0 Å². The van der Waals surface area contributed by atoms with E-state index in [0.29, 0.717) is 11.2 Å². The Hall–Kier alpha value is -0.540. The number of rotatable bonds is 6. The molecular formula is C18H28FNS. The summed E-state index contributed by atoms with van der Waals surface area (Å²) in [5, 5.41) is 4.01. The summed E-state index contributed by atoms with van der Waals surface area (Å²) in [6.07, 6.45) is 5.06. The summed E-state index contributed by atoms with van der Waals surface area (Å²) in [6.45, 7) is 8.44. The lowest BCUT2D eigenvalue weighted by Gasteiger charge is -2.27. The molecule has 2 unspecified atom stereocenters. The van der Waals surface area contributed by atoms with Crippen LogP contribution in [0.25, 0.3) is 0 Å². The van der Waals surface area contributed by atoms with E-state index in [1.54, 1.807) is 17.8 Å². The molecule has 0 spiro atoms. The van der Waals surface area contributed by atoms with Crippen LogP contribution in [0.15, 0.2) is 23.1 Å². The molecule has 0 radical (unpaired) electrons. The van der Waals surface area contributed by atoms with Crippen LogP contribution in [-0.2, 0) is 6.54 Å². The molecule has 1 aliphatic rings. The first-order valence-corrected chi connectivity index (χ1v) is 9.09. The number of benzene rings is 1. The number of nitrogens with one attached hydrogen (secondary N) is 1. The number of halogens is 1. The van der Waals surface area contributed by atoms with E-state index >= 15 is 0 Å². The van der Waals surface area contributed by atoms with Crippen LogP contribution >= 0.6 is 11.8 Å². The zero-order valence-corrected chi connectivity index (χ0v) is 14.3. The van der Waals surface area contributed by atoms with Gasteiger partial charge in [0.2, 0.25) is 0 Å². The first kappa shape index (κ1) is 16.8. The van der Waals surface area contributed by atoms with Gasteiger partial charge >= 0.3 is 0 Å². The minimum absolute atomic E-state index is 0.0536. The summed E-state index contributed by atoms with van der Waals surface area (Å²) in [6, 6.07) is 5.49. The Morgan fingerprint density at radius 1 is 1.33 bits per heavy atom. The fourth-order valence-electron chi connectivity index (χ4n) is 2.97. The van der Waals surface area contributed by atoms with Crippen LogP contribution in [0.3, 0.4) is 0 Å². The minimum atomic E-state index is -0.0536. The third kappa shape index (κ3) is 5.30. The molecule has 1 saturated carbocycles. The van der Waals surface area contributed by atoms with Gasteiger partial charge in [-0.3, -0.25) is 0 Å². The van der Waals surface area contributed by atoms with E-state index in [4.69, 9.17) is 0 Å². The molecule has 0 bridgehead atoms. The van der Waals surface area contributed by atoms with Gasteiger partial charge in [0, 0.05) is 16.7 Å². The van der Waals surface area contributed by atoms with E-state index in [-0.39, 0.29) is 5.82 Å². The van der Waals surface area contributed by atoms with E-state index in [1.807, 2.05) is 6.07 Å². The normalized spacial score (nSPS) is 22.7. The average Bonchev–Trinajstić information content (AvgIpc) is 2.42. The largest absolute Gasteiger partial charge is 0.312 e. The zero-order valence-electron chi connectivity index (χ0n) is 13.5. The van der Waals surface area contributed by atoms with E-state index < -0.39 is 0 Å². The van der Waals surface area contributed by atoms with Gasteiger partial charge in [-0.25, -0.2) is 4.39 Å². The highest BCUT2D eigenvalue weighted by atomic mass is 32.2. The lowest BCUT2D eigenvalue weighted by molar-refractivity contribution is 0.394. The highest BCUT2D eigenvalue weighted by Gasteiger charge is 2.22. The van der Waals surface area contributed by atoms with Crippen molar-refractivity contribution in [3.05, 3.63) is 29.6 Å². The van der Waals surface area contributed by atoms with E-state index in [1.165, 1.54) is 25.7 Å². The molecule has 0 aliphatic heterocycles. The van der Waals surface area contributed by atoms with Gasteiger partial charge in [-0.1, -0.05) is 45.7 Å². The molecule has 2 rings (SSSR count). The van der Waals surface area contributed by atoms with Crippen molar-refractivity contribution >= 4 is 11.8 Å². The quantitative estimate of drug-likeness (QED) is 0.771. The third-order valence-electron chi connectivity index (χ3n) is 4.09. The standard InChI is InChI=1S/C18H28FNS/c1-13(2)11-20-12-15-7-5-9-17(19)18(15)21-16-8-4-6-14(3)10-16/h5,7,9,13-14,16,20H,4,6,8,10-12H2,1-3H3. The molecule has 0 amide bonds. The van der Waals surface area contributed by atoms with Crippen LogP contribution in [0.1, 0.15) is 52.0 Å². The molecule has 1 nitrogen and oxygen atoms in total. The fraction of sp³-hybridized carbons (Fsp3) is 0.667. The van der Waals surface area contributed by atoms with E-state index in [9.17, 15) is 4.39 Å². The molecule has 1 aromatic carbocycles. The first-order valence-electron chi connectivity index (χ1n) is 8.21.